The zero-order valence-corrected chi connectivity index (χ0v) is 23.8. The summed E-state index contributed by atoms with van der Waals surface area (Å²) in [6, 6.07) is 0. The summed E-state index contributed by atoms with van der Waals surface area (Å²) in [5.74, 6) is 1.54. The number of aliphatic hydroxyl groups excluding tert-OH is 2. The molecule has 3 N–H and O–H groups in total. The lowest BCUT2D eigenvalue weighted by Gasteiger charge is -2.63. The first-order valence-electron chi connectivity index (χ1n) is 15.1. The molecule has 6 nitrogen and oxygen atoms in total. The molecule has 4 aliphatic carbocycles. The van der Waals surface area contributed by atoms with E-state index in [9.17, 15) is 19.8 Å². The van der Waals surface area contributed by atoms with E-state index in [0.29, 0.717) is 17.8 Å². The molecule has 11 atom stereocenters. The lowest BCUT2D eigenvalue weighted by Crippen LogP contribution is -2.62. The van der Waals surface area contributed by atoms with Gasteiger partial charge in [-0.2, -0.15) is 0 Å². The predicted octanol–water partition coefficient (Wildman–Crippen LogP) is 5.83. The summed E-state index contributed by atoms with van der Waals surface area (Å²) in [7, 11) is 0. The van der Waals surface area contributed by atoms with Crippen LogP contribution in [0.1, 0.15) is 112 Å². The molecule has 0 bridgehead atoms. The monoisotopic (exact) mass is 520 g/mol. The number of rotatable bonds is 9. The van der Waals surface area contributed by atoms with Gasteiger partial charge in [-0.15, -0.1) is 0 Å². The Morgan fingerprint density at radius 2 is 1.68 bits per heavy atom. The summed E-state index contributed by atoms with van der Waals surface area (Å²) in [5, 5.41) is 32.2. The molecule has 0 radical (unpaired) electrons. The molecule has 4 fully saturated rings. The van der Waals surface area contributed by atoms with Crippen molar-refractivity contribution in [3.63, 3.8) is 0 Å². The van der Waals surface area contributed by atoms with Gasteiger partial charge in [-0.1, -0.05) is 53.9 Å². The van der Waals surface area contributed by atoms with E-state index in [-0.39, 0.29) is 59.7 Å². The molecule has 0 amide bonds. The maximum atomic E-state index is 12.2. The molecule has 0 aliphatic heterocycles. The molecule has 0 unspecified atom stereocenters. The molecule has 6 heteroatoms. The Hall–Kier alpha value is -1.14. The lowest BCUT2D eigenvalue weighted by atomic mass is 9.43. The van der Waals surface area contributed by atoms with Gasteiger partial charge in [-0.3, -0.25) is 9.59 Å². The third kappa shape index (κ3) is 5.48. The lowest BCUT2D eigenvalue weighted by molar-refractivity contribution is -0.209. The van der Waals surface area contributed by atoms with Gasteiger partial charge in [0.05, 0.1) is 25.0 Å². The second-order valence-electron chi connectivity index (χ2n) is 14.2. The fourth-order valence-corrected chi connectivity index (χ4v) is 9.73. The van der Waals surface area contributed by atoms with Gasteiger partial charge in [0.1, 0.15) is 6.10 Å². The van der Waals surface area contributed by atoms with Crippen molar-refractivity contribution in [2.75, 3.05) is 0 Å². The highest BCUT2D eigenvalue weighted by atomic mass is 16.5. The first kappa shape index (κ1) is 28.9. The average Bonchev–Trinajstić information content (AvgIpc) is 3.17. The zero-order valence-electron chi connectivity index (χ0n) is 23.8. The van der Waals surface area contributed by atoms with E-state index in [1.807, 2.05) is 0 Å². The quantitative estimate of drug-likeness (QED) is 0.331. The number of aliphatic carboxylic acids is 1. The van der Waals surface area contributed by atoms with Crippen molar-refractivity contribution in [2.45, 2.75) is 130 Å². The summed E-state index contributed by atoms with van der Waals surface area (Å²) in [6.45, 7) is 11.7. The third-order valence-corrected chi connectivity index (χ3v) is 11.8. The molecule has 4 aliphatic rings. The Morgan fingerprint density at radius 3 is 2.35 bits per heavy atom. The van der Waals surface area contributed by atoms with Crippen LogP contribution in [0.15, 0.2) is 0 Å². The minimum Gasteiger partial charge on any atom is -0.481 e. The SMILES string of the molecule is CC(C)CCC[C@@H](C)[C@H]1CC[C@H]2[C@@H]3[C@H](O)C[C@@H]4C[C@H](OC(=O)CCC(=O)O)CC[C@]4(C)[C@H]3C[C@H](O)[C@]12C. The van der Waals surface area contributed by atoms with Gasteiger partial charge in [0, 0.05) is 0 Å². The van der Waals surface area contributed by atoms with Gasteiger partial charge >= 0.3 is 11.9 Å². The van der Waals surface area contributed by atoms with Gasteiger partial charge in [0.2, 0.25) is 0 Å². The number of carbonyl (C=O) groups is 2. The van der Waals surface area contributed by atoms with E-state index < -0.39 is 11.9 Å². The van der Waals surface area contributed by atoms with Crippen molar-refractivity contribution in [3.05, 3.63) is 0 Å². The third-order valence-electron chi connectivity index (χ3n) is 11.8. The topological polar surface area (TPSA) is 104 Å². The van der Waals surface area contributed by atoms with Crippen LogP contribution in [0.2, 0.25) is 0 Å². The second-order valence-corrected chi connectivity index (χ2v) is 14.2. The Balaban J connectivity index is 1.45. The fourth-order valence-electron chi connectivity index (χ4n) is 9.73. The molecule has 0 aromatic heterocycles. The highest BCUT2D eigenvalue weighted by Gasteiger charge is 2.65. The van der Waals surface area contributed by atoms with E-state index in [0.717, 1.165) is 50.9 Å². The number of carbonyl (C=O) groups excluding carboxylic acids is 1. The van der Waals surface area contributed by atoms with Crippen LogP contribution in [0, 0.1) is 52.3 Å². The molecule has 4 rings (SSSR count). The summed E-state index contributed by atoms with van der Waals surface area (Å²) >= 11 is 0. The number of hydrogen-bond donors (Lipinski definition) is 3. The average molecular weight is 521 g/mol. The van der Waals surface area contributed by atoms with Crippen LogP contribution in [0.4, 0.5) is 0 Å². The Labute approximate surface area is 223 Å². The standard InChI is InChI=1S/C31H52O6/c1-18(2)7-6-8-19(3)22-9-10-23-29-24(17-26(33)31(22,23)5)30(4)14-13-21(15-20(30)16-25(29)32)37-28(36)12-11-27(34)35/h18-26,29,32-33H,6-17H2,1-5H3,(H,34,35)/t19-,20+,21-,22-,23+,24+,25-,26+,29+,30+,31-/m1/s1. The van der Waals surface area contributed by atoms with Crippen LogP contribution >= 0.6 is 0 Å². The van der Waals surface area contributed by atoms with E-state index in [1.54, 1.807) is 0 Å². The number of carboxylic acid groups (broad SMARTS) is 1. The highest BCUT2D eigenvalue weighted by Crippen LogP contribution is 2.68. The smallest absolute Gasteiger partial charge is 0.306 e. The molecule has 0 spiro atoms. The first-order chi connectivity index (χ1) is 17.4. The van der Waals surface area contributed by atoms with Crippen LogP contribution < -0.4 is 0 Å². The number of hydrogen-bond acceptors (Lipinski definition) is 5. The predicted molar refractivity (Wildman–Crippen MR) is 143 cm³/mol. The molecule has 0 aromatic rings. The molecular formula is C31H52O6. The molecule has 0 saturated heterocycles. The fraction of sp³-hybridized carbons (Fsp3) is 0.935. The minimum absolute atomic E-state index is 0.0249. The molecule has 212 valence electrons. The minimum atomic E-state index is -0.989. The molecular weight excluding hydrogens is 468 g/mol. The molecule has 37 heavy (non-hydrogen) atoms. The molecule has 0 heterocycles. The van der Waals surface area contributed by atoms with Crippen molar-refractivity contribution < 1.29 is 29.6 Å². The number of ether oxygens (including phenoxy) is 1. The Bertz CT molecular complexity index is 827. The highest BCUT2D eigenvalue weighted by molar-refractivity contribution is 5.76. The van der Waals surface area contributed by atoms with Crippen molar-refractivity contribution >= 4 is 11.9 Å². The normalized spacial score (nSPS) is 44.0. The number of carboxylic acids is 1. The van der Waals surface area contributed by atoms with Crippen molar-refractivity contribution in [2.24, 2.45) is 52.3 Å². The van der Waals surface area contributed by atoms with Crippen LogP contribution in [-0.4, -0.2) is 45.6 Å². The number of aliphatic hydroxyl groups is 2. The van der Waals surface area contributed by atoms with E-state index in [4.69, 9.17) is 9.84 Å². The van der Waals surface area contributed by atoms with Crippen molar-refractivity contribution in [1.82, 2.24) is 0 Å². The van der Waals surface area contributed by atoms with Gasteiger partial charge < -0.3 is 20.1 Å². The summed E-state index contributed by atoms with van der Waals surface area (Å²) in [4.78, 5) is 23.0. The zero-order chi connectivity index (χ0) is 27.1. The van der Waals surface area contributed by atoms with Gasteiger partial charge in [-0.05, 0) is 97.2 Å². The van der Waals surface area contributed by atoms with Gasteiger partial charge in [0.25, 0.3) is 0 Å². The van der Waals surface area contributed by atoms with E-state index in [2.05, 4.69) is 34.6 Å². The van der Waals surface area contributed by atoms with Crippen LogP contribution in [0.25, 0.3) is 0 Å². The van der Waals surface area contributed by atoms with Crippen LogP contribution in [-0.2, 0) is 14.3 Å². The summed E-state index contributed by atoms with van der Waals surface area (Å²) in [6.07, 6.45) is 8.71. The Morgan fingerprint density at radius 1 is 0.946 bits per heavy atom. The van der Waals surface area contributed by atoms with Crippen molar-refractivity contribution in [1.29, 1.82) is 0 Å². The largest absolute Gasteiger partial charge is 0.481 e. The van der Waals surface area contributed by atoms with Gasteiger partial charge in [0.15, 0.2) is 0 Å². The van der Waals surface area contributed by atoms with Gasteiger partial charge in [-0.25, -0.2) is 0 Å². The van der Waals surface area contributed by atoms with Crippen LogP contribution in [0.3, 0.4) is 0 Å². The van der Waals surface area contributed by atoms with Crippen molar-refractivity contribution in [3.8, 4) is 0 Å². The summed E-state index contributed by atoms with van der Waals surface area (Å²) in [5.41, 5.74) is -0.101. The first-order valence-corrected chi connectivity index (χ1v) is 15.1. The number of fused-ring (bicyclic) bond motifs is 5. The van der Waals surface area contributed by atoms with E-state index in [1.165, 1.54) is 19.3 Å². The maximum absolute atomic E-state index is 12.2. The maximum Gasteiger partial charge on any atom is 0.306 e. The van der Waals surface area contributed by atoms with E-state index >= 15 is 0 Å². The molecule has 4 saturated carbocycles. The Kier molecular flexibility index (Phi) is 8.70. The summed E-state index contributed by atoms with van der Waals surface area (Å²) < 4.78 is 5.67. The number of esters is 1. The molecule has 0 aromatic carbocycles. The second kappa shape index (κ2) is 11.2. The van der Waals surface area contributed by atoms with Crippen LogP contribution in [0.5, 0.6) is 0 Å².